The highest BCUT2D eigenvalue weighted by atomic mass is 16.5. The Morgan fingerprint density at radius 1 is 0.757 bits per heavy atom. The van der Waals surface area contributed by atoms with Crippen molar-refractivity contribution in [3.63, 3.8) is 0 Å². The molecular formula is C29H30N4O4. The fraction of sp³-hybridized carbons (Fsp3) is 0.276. The Morgan fingerprint density at radius 3 is 1.84 bits per heavy atom. The topological polar surface area (TPSA) is 110 Å². The van der Waals surface area contributed by atoms with E-state index in [1.54, 1.807) is 31.5 Å². The van der Waals surface area contributed by atoms with Crippen molar-refractivity contribution in [2.24, 2.45) is 5.92 Å². The largest absolute Gasteiger partial charge is 0.466 e. The lowest BCUT2D eigenvalue weighted by atomic mass is 9.98. The summed E-state index contributed by atoms with van der Waals surface area (Å²) in [4.78, 5) is 47.2. The van der Waals surface area contributed by atoms with E-state index in [9.17, 15) is 14.4 Å². The lowest BCUT2D eigenvalue weighted by molar-refractivity contribution is -0.143. The van der Waals surface area contributed by atoms with Crippen molar-refractivity contribution in [3.8, 4) is 0 Å². The Bertz CT molecular complexity index is 1300. The van der Waals surface area contributed by atoms with E-state index in [0.29, 0.717) is 61.1 Å². The first-order valence-electron chi connectivity index (χ1n) is 12.5. The van der Waals surface area contributed by atoms with Crippen LogP contribution in [0.15, 0.2) is 73.1 Å². The molecule has 0 bridgehead atoms. The van der Waals surface area contributed by atoms with E-state index in [-0.39, 0.29) is 5.97 Å². The lowest BCUT2D eigenvalue weighted by Gasteiger charge is -2.18. The van der Waals surface area contributed by atoms with E-state index in [0.717, 1.165) is 10.8 Å². The minimum atomic E-state index is -0.944. The Morgan fingerprint density at radius 2 is 1.30 bits per heavy atom. The Hall–Kier alpha value is -4.33. The number of ether oxygens (including phenoxy) is 1. The predicted molar refractivity (Wildman–Crippen MR) is 144 cm³/mol. The number of nitrogens with zero attached hydrogens (tertiary/aromatic N) is 2. The highest BCUT2D eigenvalue weighted by molar-refractivity contribution is 6.14. The Labute approximate surface area is 215 Å². The summed E-state index contributed by atoms with van der Waals surface area (Å²) in [6.07, 6.45) is 5.92. The van der Waals surface area contributed by atoms with Gasteiger partial charge in [-0.15, -0.1) is 0 Å². The van der Waals surface area contributed by atoms with Crippen molar-refractivity contribution >= 4 is 51.0 Å². The molecule has 8 heteroatoms. The zero-order valence-electron chi connectivity index (χ0n) is 20.8. The van der Waals surface area contributed by atoms with Crippen LogP contribution in [0.3, 0.4) is 0 Å². The van der Waals surface area contributed by atoms with Crippen LogP contribution < -0.4 is 10.6 Å². The number of carbonyl (C=O) groups is 3. The summed E-state index contributed by atoms with van der Waals surface area (Å²) in [6.45, 7) is 2.13. The number of unbranched alkanes of at least 4 members (excludes halogenated alkanes) is 2. The van der Waals surface area contributed by atoms with E-state index >= 15 is 0 Å². The summed E-state index contributed by atoms with van der Waals surface area (Å²) >= 11 is 0. The number of amides is 2. The lowest BCUT2D eigenvalue weighted by Crippen LogP contribution is -2.34. The second-order valence-corrected chi connectivity index (χ2v) is 8.70. The second-order valence-electron chi connectivity index (χ2n) is 8.70. The van der Waals surface area contributed by atoms with E-state index < -0.39 is 17.7 Å². The highest BCUT2D eigenvalue weighted by Gasteiger charge is 2.27. The van der Waals surface area contributed by atoms with Gasteiger partial charge >= 0.3 is 5.97 Å². The van der Waals surface area contributed by atoms with Gasteiger partial charge in [-0.2, -0.15) is 0 Å². The summed E-state index contributed by atoms with van der Waals surface area (Å²) in [7, 11) is 0. The molecule has 0 aliphatic carbocycles. The smallest absolute Gasteiger partial charge is 0.305 e. The number of pyridine rings is 2. The molecule has 0 unspecified atom stereocenters. The summed E-state index contributed by atoms with van der Waals surface area (Å²) in [6, 6.07) is 18.6. The van der Waals surface area contributed by atoms with E-state index in [2.05, 4.69) is 20.6 Å². The fourth-order valence-corrected chi connectivity index (χ4v) is 4.26. The summed E-state index contributed by atoms with van der Waals surface area (Å²) in [5, 5.41) is 7.61. The molecule has 2 N–H and O–H groups in total. The maximum Gasteiger partial charge on any atom is 0.305 e. The molecule has 2 aromatic heterocycles. The van der Waals surface area contributed by atoms with Crippen LogP contribution in [0.4, 0.5) is 11.4 Å². The molecule has 0 saturated heterocycles. The van der Waals surface area contributed by atoms with Gasteiger partial charge in [0.25, 0.3) is 0 Å². The van der Waals surface area contributed by atoms with Gasteiger partial charge in [0.1, 0.15) is 5.92 Å². The number of hydrogen-bond acceptors (Lipinski definition) is 6. The molecule has 37 heavy (non-hydrogen) atoms. The summed E-state index contributed by atoms with van der Waals surface area (Å²) in [5.41, 5.74) is 2.42. The highest BCUT2D eigenvalue weighted by Crippen LogP contribution is 2.25. The van der Waals surface area contributed by atoms with Crippen LogP contribution >= 0.6 is 0 Å². The monoisotopic (exact) mass is 498 g/mol. The van der Waals surface area contributed by atoms with Gasteiger partial charge in [-0.3, -0.25) is 24.4 Å². The number of aromatic nitrogens is 2. The van der Waals surface area contributed by atoms with Crippen molar-refractivity contribution in [1.29, 1.82) is 0 Å². The van der Waals surface area contributed by atoms with Crippen LogP contribution in [0.2, 0.25) is 0 Å². The molecule has 0 spiro atoms. The van der Waals surface area contributed by atoms with E-state index in [1.165, 1.54) is 0 Å². The maximum atomic E-state index is 13.4. The first kappa shape index (κ1) is 25.8. The first-order valence-corrected chi connectivity index (χ1v) is 12.5. The zero-order chi connectivity index (χ0) is 26.0. The fourth-order valence-electron chi connectivity index (χ4n) is 4.26. The minimum absolute atomic E-state index is 0.235. The van der Waals surface area contributed by atoms with Gasteiger partial charge in [-0.1, -0.05) is 49.2 Å². The molecule has 0 radical (unpaired) electrons. The molecule has 0 saturated carbocycles. The van der Waals surface area contributed by atoms with Crippen molar-refractivity contribution in [3.05, 3.63) is 73.1 Å². The molecule has 0 aliphatic heterocycles. The molecule has 190 valence electrons. The van der Waals surface area contributed by atoms with Gasteiger partial charge in [-0.25, -0.2) is 0 Å². The summed E-state index contributed by atoms with van der Waals surface area (Å²) < 4.78 is 4.97. The normalized spacial score (nSPS) is 11.0. The number of anilines is 2. The average Bonchev–Trinajstić information content (AvgIpc) is 2.91. The SMILES string of the molecule is CCOC(=O)CCCCCC(C(=O)Nc1cccc2cccnc12)C(=O)Nc1cccc2cccnc12. The molecule has 8 nitrogen and oxygen atoms in total. The number of esters is 1. The third-order valence-electron chi connectivity index (χ3n) is 6.09. The number of hydrogen-bond donors (Lipinski definition) is 2. The molecule has 2 amide bonds. The van der Waals surface area contributed by atoms with Crippen molar-refractivity contribution < 1.29 is 19.1 Å². The van der Waals surface area contributed by atoms with Crippen LogP contribution in [0, 0.1) is 5.92 Å². The third-order valence-corrected chi connectivity index (χ3v) is 6.09. The van der Waals surface area contributed by atoms with Gasteiger partial charge in [0.2, 0.25) is 11.8 Å². The third kappa shape index (κ3) is 6.67. The number of fused-ring (bicyclic) bond motifs is 2. The van der Waals surface area contributed by atoms with Crippen LogP contribution in [-0.4, -0.2) is 34.4 Å². The zero-order valence-corrected chi connectivity index (χ0v) is 20.8. The number of nitrogens with one attached hydrogen (secondary N) is 2. The van der Waals surface area contributed by atoms with Crippen LogP contribution in [0.5, 0.6) is 0 Å². The standard InChI is InChI=1S/C29H30N4O4/c1-2-37-25(34)17-5-3-4-14-22(28(35)32-23-15-6-10-20-12-8-18-30-26(20)23)29(36)33-24-16-7-11-21-13-9-19-31-27(21)24/h6-13,15-16,18-19,22H,2-5,14,17H2,1H3,(H,32,35)(H,33,36). The predicted octanol–water partition coefficient (Wildman–Crippen LogP) is 5.49. The van der Waals surface area contributed by atoms with E-state index in [1.807, 2.05) is 48.5 Å². The van der Waals surface area contributed by atoms with Gasteiger partial charge in [0.15, 0.2) is 0 Å². The van der Waals surface area contributed by atoms with Gasteiger partial charge in [0.05, 0.1) is 29.0 Å². The van der Waals surface area contributed by atoms with Crippen LogP contribution in [0.1, 0.15) is 39.0 Å². The number of rotatable bonds is 11. The summed E-state index contributed by atoms with van der Waals surface area (Å²) in [5.74, 6) is -1.99. The Balaban J connectivity index is 1.50. The van der Waals surface area contributed by atoms with Crippen molar-refractivity contribution in [2.45, 2.75) is 39.0 Å². The second kappa shape index (κ2) is 12.6. The number of para-hydroxylation sites is 2. The van der Waals surface area contributed by atoms with Gasteiger partial charge < -0.3 is 15.4 Å². The van der Waals surface area contributed by atoms with Gasteiger partial charge in [-0.05, 0) is 44.0 Å². The van der Waals surface area contributed by atoms with Crippen molar-refractivity contribution in [2.75, 3.05) is 17.2 Å². The van der Waals surface area contributed by atoms with E-state index in [4.69, 9.17) is 4.74 Å². The molecule has 0 atom stereocenters. The van der Waals surface area contributed by atoms with Gasteiger partial charge in [0, 0.05) is 29.6 Å². The quantitative estimate of drug-likeness (QED) is 0.161. The molecule has 2 heterocycles. The Kier molecular flexibility index (Phi) is 8.75. The molecule has 0 fully saturated rings. The first-order chi connectivity index (χ1) is 18.1. The molecule has 0 aliphatic rings. The molecular weight excluding hydrogens is 468 g/mol. The number of benzene rings is 2. The van der Waals surface area contributed by atoms with Crippen LogP contribution in [0.25, 0.3) is 21.8 Å². The minimum Gasteiger partial charge on any atom is -0.466 e. The maximum absolute atomic E-state index is 13.4. The number of carbonyl (C=O) groups excluding carboxylic acids is 3. The van der Waals surface area contributed by atoms with Crippen molar-refractivity contribution in [1.82, 2.24) is 9.97 Å². The molecule has 2 aromatic carbocycles. The molecule has 4 aromatic rings. The van der Waals surface area contributed by atoms with Crippen LogP contribution in [-0.2, 0) is 19.1 Å². The average molecular weight is 499 g/mol. The molecule has 4 rings (SSSR count).